The number of rotatable bonds is 13. The molecular formula is C20H33NOS2. The number of benzene rings is 1. The average molecular weight is 368 g/mol. The number of para-hydroxylation sites is 1. The summed E-state index contributed by atoms with van der Waals surface area (Å²) in [6, 6.07) is 9.97. The van der Waals surface area contributed by atoms with Gasteiger partial charge in [0.15, 0.2) is 0 Å². The van der Waals surface area contributed by atoms with E-state index in [4.69, 9.17) is 4.74 Å². The summed E-state index contributed by atoms with van der Waals surface area (Å²) < 4.78 is 5.35. The number of hydrogen-bond donors (Lipinski definition) is 0. The maximum absolute atomic E-state index is 5.35. The summed E-state index contributed by atoms with van der Waals surface area (Å²) in [5.74, 6) is 1.17. The summed E-state index contributed by atoms with van der Waals surface area (Å²) >= 11 is 0. The van der Waals surface area contributed by atoms with Gasteiger partial charge >= 0.3 is 0 Å². The van der Waals surface area contributed by atoms with E-state index >= 15 is 0 Å². The zero-order valence-corrected chi connectivity index (χ0v) is 17.0. The van der Waals surface area contributed by atoms with Crippen molar-refractivity contribution in [3.05, 3.63) is 30.3 Å². The van der Waals surface area contributed by atoms with Crippen molar-refractivity contribution in [2.24, 2.45) is 4.99 Å². The third-order valence-corrected chi connectivity index (χ3v) is 6.12. The Bertz CT molecular complexity index is 423. The van der Waals surface area contributed by atoms with Crippen LogP contribution in [0.4, 0.5) is 5.69 Å². The minimum absolute atomic E-state index is 0.735. The first-order valence-electron chi connectivity index (χ1n) is 9.34. The SMILES string of the molecule is CCCCCCCCCCCCSSC(=Nc1ccccc1)OC. The fourth-order valence-corrected chi connectivity index (χ4v) is 4.39. The van der Waals surface area contributed by atoms with E-state index in [0.717, 1.165) is 10.9 Å². The molecule has 0 aliphatic heterocycles. The Labute approximate surface area is 156 Å². The van der Waals surface area contributed by atoms with Gasteiger partial charge in [-0.1, -0.05) is 93.7 Å². The van der Waals surface area contributed by atoms with Gasteiger partial charge < -0.3 is 4.74 Å². The van der Waals surface area contributed by atoms with Crippen LogP contribution in [0.3, 0.4) is 0 Å². The molecule has 0 atom stereocenters. The highest BCUT2D eigenvalue weighted by molar-refractivity contribution is 8.82. The number of methoxy groups -OCH3 is 1. The highest BCUT2D eigenvalue weighted by atomic mass is 33.1. The summed E-state index contributed by atoms with van der Waals surface area (Å²) in [6.45, 7) is 2.28. The zero-order chi connectivity index (χ0) is 17.3. The lowest BCUT2D eigenvalue weighted by atomic mass is 10.1. The smallest absolute Gasteiger partial charge is 0.261 e. The standard InChI is InChI=1S/C20H33NOS2/c1-3-4-5-6-7-8-9-10-11-15-18-23-24-20(22-2)21-19-16-13-12-14-17-19/h12-14,16-17H,3-11,15,18H2,1-2H3. The van der Waals surface area contributed by atoms with Crippen LogP contribution in [-0.4, -0.2) is 18.1 Å². The highest BCUT2D eigenvalue weighted by Gasteiger charge is 2.01. The van der Waals surface area contributed by atoms with Crippen molar-refractivity contribution in [1.29, 1.82) is 0 Å². The molecule has 136 valence electrons. The molecule has 0 saturated heterocycles. The van der Waals surface area contributed by atoms with Gasteiger partial charge in [-0.3, -0.25) is 0 Å². The maximum atomic E-state index is 5.35. The van der Waals surface area contributed by atoms with Gasteiger partial charge in [0, 0.05) is 16.5 Å². The van der Waals surface area contributed by atoms with E-state index in [1.54, 1.807) is 17.9 Å². The second-order valence-corrected chi connectivity index (χ2v) is 8.37. The van der Waals surface area contributed by atoms with E-state index in [1.165, 1.54) is 70.0 Å². The van der Waals surface area contributed by atoms with E-state index in [9.17, 15) is 0 Å². The quantitative estimate of drug-likeness (QED) is 0.155. The first kappa shape index (κ1) is 21.4. The molecule has 24 heavy (non-hydrogen) atoms. The first-order valence-corrected chi connectivity index (χ1v) is 11.7. The molecule has 0 saturated carbocycles. The lowest BCUT2D eigenvalue weighted by Crippen LogP contribution is -1.92. The largest absolute Gasteiger partial charge is 0.476 e. The van der Waals surface area contributed by atoms with E-state index in [-0.39, 0.29) is 0 Å². The number of aliphatic imine (C=N–C) groups is 1. The van der Waals surface area contributed by atoms with Crippen molar-refractivity contribution in [3.8, 4) is 0 Å². The van der Waals surface area contributed by atoms with Crippen LogP contribution >= 0.6 is 21.6 Å². The fourth-order valence-electron chi connectivity index (χ4n) is 2.45. The molecule has 0 unspecified atom stereocenters. The van der Waals surface area contributed by atoms with Crippen molar-refractivity contribution in [1.82, 2.24) is 0 Å². The summed E-state index contributed by atoms with van der Waals surface area (Å²) in [4.78, 5) is 4.50. The molecule has 0 N–H and O–H groups in total. The van der Waals surface area contributed by atoms with Gasteiger partial charge in [-0.05, 0) is 18.6 Å². The molecule has 0 heterocycles. The van der Waals surface area contributed by atoms with Crippen LogP contribution in [0.25, 0.3) is 0 Å². The molecule has 0 fully saturated rings. The molecule has 0 spiro atoms. The van der Waals surface area contributed by atoms with Gasteiger partial charge in [0.05, 0.1) is 12.8 Å². The van der Waals surface area contributed by atoms with Crippen molar-refractivity contribution < 1.29 is 4.74 Å². The molecule has 4 heteroatoms. The Morgan fingerprint density at radius 3 is 2.04 bits per heavy atom. The van der Waals surface area contributed by atoms with Gasteiger partial charge in [-0.2, -0.15) is 0 Å². The Morgan fingerprint density at radius 1 is 0.875 bits per heavy atom. The molecule has 0 aromatic heterocycles. The lowest BCUT2D eigenvalue weighted by Gasteiger charge is -2.04. The van der Waals surface area contributed by atoms with Gasteiger partial charge in [-0.15, -0.1) is 0 Å². The van der Waals surface area contributed by atoms with Crippen LogP contribution in [0.5, 0.6) is 0 Å². The predicted octanol–water partition coefficient (Wildman–Crippen LogP) is 7.62. The summed E-state index contributed by atoms with van der Waals surface area (Å²) in [5, 5.41) is 0.735. The van der Waals surface area contributed by atoms with Gasteiger partial charge in [-0.25, -0.2) is 4.99 Å². The molecule has 1 rings (SSSR count). The third kappa shape index (κ3) is 11.9. The zero-order valence-electron chi connectivity index (χ0n) is 15.3. The second kappa shape index (κ2) is 15.9. The van der Waals surface area contributed by atoms with Gasteiger partial charge in [0.1, 0.15) is 0 Å². The van der Waals surface area contributed by atoms with Crippen LogP contribution in [0, 0.1) is 0 Å². The highest BCUT2D eigenvalue weighted by Crippen LogP contribution is 2.27. The molecule has 2 nitrogen and oxygen atoms in total. The third-order valence-electron chi connectivity index (χ3n) is 3.86. The van der Waals surface area contributed by atoms with Crippen LogP contribution in [-0.2, 0) is 4.74 Å². The predicted molar refractivity (Wildman–Crippen MR) is 112 cm³/mol. The number of unbranched alkanes of at least 4 members (excludes halogenated alkanes) is 9. The molecule has 0 aliphatic rings. The average Bonchev–Trinajstić information content (AvgIpc) is 2.62. The minimum atomic E-state index is 0.735. The van der Waals surface area contributed by atoms with E-state index in [0.29, 0.717) is 0 Å². The summed E-state index contributed by atoms with van der Waals surface area (Å²) in [7, 11) is 5.17. The van der Waals surface area contributed by atoms with E-state index in [1.807, 2.05) is 41.1 Å². The molecule has 0 bridgehead atoms. The monoisotopic (exact) mass is 367 g/mol. The van der Waals surface area contributed by atoms with Crippen LogP contribution < -0.4 is 0 Å². The Hall–Kier alpha value is -0.610. The topological polar surface area (TPSA) is 21.6 Å². The summed E-state index contributed by atoms with van der Waals surface area (Å²) in [6.07, 6.45) is 13.9. The Morgan fingerprint density at radius 2 is 1.46 bits per heavy atom. The number of nitrogens with zero attached hydrogens (tertiary/aromatic N) is 1. The molecular weight excluding hydrogens is 334 g/mol. The minimum Gasteiger partial charge on any atom is -0.476 e. The number of ether oxygens (including phenoxy) is 1. The molecule has 1 aromatic rings. The molecule has 0 radical (unpaired) electrons. The van der Waals surface area contributed by atoms with Crippen LogP contribution in [0.15, 0.2) is 35.3 Å². The maximum Gasteiger partial charge on any atom is 0.261 e. The van der Waals surface area contributed by atoms with Gasteiger partial charge in [0.25, 0.3) is 5.23 Å². The Kier molecular flexibility index (Phi) is 14.2. The van der Waals surface area contributed by atoms with Crippen molar-refractivity contribution in [3.63, 3.8) is 0 Å². The summed E-state index contributed by atoms with van der Waals surface area (Å²) in [5.41, 5.74) is 0.946. The van der Waals surface area contributed by atoms with Crippen LogP contribution in [0.2, 0.25) is 0 Å². The number of hydrogen-bond acceptors (Lipinski definition) is 4. The molecule has 0 amide bonds. The van der Waals surface area contributed by atoms with E-state index < -0.39 is 0 Å². The molecule has 0 aliphatic carbocycles. The van der Waals surface area contributed by atoms with Crippen LogP contribution in [0.1, 0.15) is 71.1 Å². The normalized spacial score (nSPS) is 11.7. The second-order valence-electron chi connectivity index (χ2n) is 6.00. The first-order chi connectivity index (χ1) is 11.9. The Balaban J connectivity index is 1.96. The molecule has 1 aromatic carbocycles. The fraction of sp³-hybridized carbons (Fsp3) is 0.650. The van der Waals surface area contributed by atoms with Gasteiger partial charge in [0.2, 0.25) is 0 Å². The van der Waals surface area contributed by atoms with E-state index in [2.05, 4.69) is 11.9 Å². The van der Waals surface area contributed by atoms with Crippen molar-refractivity contribution in [2.45, 2.75) is 71.1 Å². The lowest BCUT2D eigenvalue weighted by molar-refractivity contribution is 0.417. The van der Waals surface area contributed by atoms with Crippen molar-refractivity contribution >= 4 is 32.5 Å². The van der Waals surface area contributed by atoms with Crippen molar-refractivity contribution in [2.75, 3.05) is 12.9 Å².